The van der Waals surface area contributed by atoms with Gasteiger partial charge in [0.05, 0.1) is 0 Å². The largest absolute Gasteiger partial charge is 0.481 e. The lowest BCUT2D eigenvalue weighted by Crippen LogP contribution is -1.92. The number of aliphatic carboxylic acids is 1. The molecule has 0 aliphatic carbocycles. The van der Waals surface area contributed by atoms with Crippen molar-refractivity contribution in [2.24, 2.45) is 0 Å². The molecule has 19 heavy (non-hydrogen) atoms. The topological polar surface area (TPSA) is 37.3 Å². The predicted octanol–water partition coefficient (Wildman–Crippen LogP) is 5.27. The highest BCUT2D eigenvalue weighted by molar-refractivity contribution is 5.66. The lowest BCUT2D eigenvalue weighted by Gasteiger charge is -2.01. The van der Waals surface area contributed by atoms with Crippen molar-refractivity contribution in [3.63, 3.8) is 0 Å². The molecular weight excluding hydrogens is 236 g/mol. The van der Waals surface area contributed by atoms with Crippen LogP contribution in [0.1, 0.15) is 66.2 Å². The summed E-state index contributed by atoms with van der Waals surface area (Å²) in [5, 5.41) is 8.55. The number of carboxylic acids is 1. The fraction of sp³-hybridized carbons (Fsp3) is 0.588. The number of allylic oxidation sites excluding steroid dienone is 6. The minimum atomic E-state index is -0.723. The first-order valence-corrected chi connectivity index (χ1v) is 7.08. The molecular formula is C17H28O2. The van der Waals surface area contributed by atoms with Crippen molar-refractivity contribution >= 4 is 5.97 Å². The summed E-state index contributed by atoms with van der Waals surface area (Å²) in [7, 11) is 0. The molecule has 0 spiro atoms. The van der Waals surface area contributed by atoms with Crippen molar-refractivity contribution in [1.29, 1.82) is 0 Å². The van der Waals surface area contributed by atoms with Crippen molar-refractivity contribution < 1.29 is 9.90 Å². The van der Waals surface area contributed by atoms with Crippen LogP contribution >= 0.6 is 0 Å². The highest BCUT2D eigenvalue weighted by Gasteiger charge is 1.95. The van der Waals surface area contributed by atoms with Crippen LogP contribution in [0.4, 0.5) is 0 Å². The van der Waals surface area contributed by atoms with Gasteiger partial charge >= 0.3 is 5.97 Å². The maximum absolute atomic E-state index is 10.4. The van der Waals surface area contributed by atoms with Crippen LogP contribution in [0, 0.1) is 0 Å². The monoisotopic (exact) mass is 264 g/mol. The van der Waals surface area contributed by atoms with E-state index in [1.165, 1.54) is 16.7 Å². The zero-order valence-corrected chi connectivity index (χ0v) is 12.8. The Morgan fingerprint density at radius 2 is 1.21 bits per heavy atom. The zero-order valence-electron chi connectivity index (χ0n) is 12.8. The second-order valence-corrected chi connectivity index (χ2v) is 5.39. The summed E-state index contributed by atoms with van der Waals surface area (Å²) < 4.78 is 0. The molecule has 0 atom stereocenters. The fourth-order valence-electron chi connectivity index (χ4n) is 1.78. The number of rotatable bonds is 9. The highest BCUT2D eigenvalue weighted by Crippen LogP contribution is 2.12. The molecule has 0 aromatic carbocycles. The van der Waals surface area contributed by atoms with Gasteiger partial charge in [0.2, 0.25) is 0 Å². The summed E-state index contributed by atoms with van der Waals surface area (Å²) in [5.74, 6) is -0.723. The summed E-state index contributed by atoms with van der Waals surface area (Å²) in [6, 6.07) is 0. The van der Waals surface area contributed by atoms with E-state index in [2.05, 4.69) is 39.8 Å². The third-order valence-electron chi connectivity index (χ3n) is 2.97. The molecule has 1 N–H and O–H groups in total. The zero-order chi connectivity index (χ0) is 14.7. The van der Waals surface area contributed by atoms with Crippen LogP contribution in [-0.4, -0.2) is 11.1 Å². The number of hydrogen-bond acceptors (Lipinski definition) is 1. The molecule has 0 saturated heterocycles. The van der Waals surface area contributed by atoms with E-state index in [-0.39, 0.29) is 6.42 Å². The number of carbonyl (C=O) groups is 1. The van der Waals surface area contributed by atoms with Crippen LogP contribution in [0.25, 0.3) is 0 Å². The molecule has 2 heteroatoms. The van der Waals surface area contributed by atoms with Crippen molar-refractivity contribution in [3.05, 3.63) is 34.9 Å². The molecule has 0 rings (SSSR count). The average molecular weight is 264 g/mol. The van der Waals surface area contributed by atoms with E-state index < -0.39 is 5.97 Å². The fourth-order valence-corrected chi connectivity index (χ4v) is 1.78. The lowest BCUT2D eigenvalue weighted by atomic mass is 10.1. The van der Waals surface area contributed by atoms with Crippen LogP contribution in [0.2, 0.25) is 0 Å². The van der Waals surface area contributed by atoms with Crippen molar-refractivity contribution in [3.8, 4) is 0 Å². The van der Waals surface area contributed by atoms with Gasteiger partial charge in [0.25, 0.3) is 0 Å². The van der Waals surface area contributed by atoms with Crippen LogP contribution < -0.4 is 0 Å². The molecule has 0 aliphatic rings. The molecule has 0 unspecified atom stereocenters. The third-order valence-corrected chi connectivity index (χ3v) is 2.97. The minimum Gasteiger partial charge on any atom is -0.481 e. The van der Waals surface area contributed by atoms with Crippen molar-refractivity contribution in [1.82, 2.24) is 0 Å². The highest BCUT2D eigenvalue weighted by atomic mass is 16.4. The van der Waals surface area contributed by atoms with Gasteiger partial charge in [0.15, 0.2) is 0 Å². The Morgan fingerprint density at radius 3 is 1.63 bits per heavy atom. The summed E-state index contributed by atoms with van der Waals surface area (Å²) in [6.45, 7) is 8.52. The molecule has 0 aromatic heterocycles. The third kappa shape index (κ3) is 12.9. The molecule has 0 bridgehead atoms. The van der Waals surface area contributed by atoms with Gasteiger partial charge in [-0.05, 0) is 59.8 Å². The van der Waals surface area contributed by atoms with Gasteiger partial charge in [-0.3, -0.25) is 4.79 Å². The molecule has 2 nitrogen and oxygen atoms in total. The van der Waals surface area contributed by atoms with Gasteiger partial charge in [-0.2, -0.15) is 0 Å². The van der Waals surface area contributed by atoms with Gasteiger partial charge in [-0.1, -0.05) is 34.9 Å². The molecule has 0 heterocycles. The van der Waals surface area contributed by atoms with E-state index >= 15 is 0 Å². The van der Waals surface area contributed by atoms with E-state index in [4.69, 9.17) is 5.11 Å². The summed E-state index contributed by atoms with van der Waals surface area (Å²) >= 11 is 0. The lowest BCUT2D eigenvalue weighted by molar-refractivity contribution is -0.136. The molecule has 108 valence electrons. The number of hydrogen-bond donors (Lipinski definition) is 1. The van der Waals surface area contributed by atoms with Crippen molar-refractivity contribution in [2.75, 3.05) is 0 Å². The van der Waals surface area contributed by atoms with Crippen molar-refractivity contribution in [2.45, 2.75) is 66.2 Å². The van der Waals surface area contributed by atoms with Crippen LogP contribution in [0.15, 0.2) is 34.9 Å². The van der Waals surface area contributed by atoms with E-state index in [0.717, 1.165) is 25.7 Å². The van der Waals surface area contributed by atoms with Crippen LogP contribution in [0.3, 0.4) is 0 Å². The minimum absolute atomic E-state index is 0.231. The smallest absolute Gasteiger partial charge is 0.303 e. The Hall–Kier alpha value is -1.31. The van der Waals surface area contributed by atoms with Gasteiger partial charge in [-0.15, -0.1) is 0 Å². The maximum Gasteiger partial charge on any atom is 0.303 e. The van der Waals surface area contributed by atoms with E-state index in [1.807, 2.05) is 6.08 Å². The quantitative estimate of drug-likeness (QED) is 0.576. The Morgan fingerprint density at radius 1 is 0.789 bits per heavy atom. The normalized spacial score (nSPS) is 12.4. The Kier molecular flexibility index (Phi) is 9.87. The van der Waals surface area contributed by atoms with E-state index in [0.29, 0.717) is 6.42 Å². The van der Waals surface area contributed by atoms with Crippen LogP contribution in [-0.2, 0) is 4.79 Å². The Labute approximate surface area is 117 Å². The molecule has 0 aromatic rings. The van der Waals surface area contributed by atoms with E-state index in [9.17, 15) is 4.79 Å². The average Bonchev–Trinajstić information content (AvgIpc) is 2.27. The first kappa shape index (κ1) is 17.7. The SMILES string of the molecule is CC(C)=CCCC(C)=CCCC(C)=CCCC(=O)O. The summed E-state index contributed by atoms with van der Waals surface area (Å²) in [6.07, 6.45) is 11.8. The van der Waals surface area contributed by atoms with Gasteiger partial charge in [-0.25, -0.2) is 0 Å². The Bertz CT molecular complexity index is 355. The first-order chi connectivity index (χ1) is 8.91. The van der Waals surface area contributed by atoms with Gasteiger partial charge < -0.3 is 5.11 Å². The number of carboxylic acid groups (broad SMARTS) is 1. The summed E-state index contributed by atoms with van der Waals surface area (Å²) in [4.78, 5) is 10.4. The molecule has 0 amide bonds. The van der Waals surface area contributed by atoms with Gasteiger partial charge in [0, 0.05) is 6.42 Å². The second kappa shape index (κ2) is 10.6. The first-order valence-electron chi connectivity index (χ1n) is 7.08. The Balaban J connectivity index is 3.86. The molecule has 0 aliphatic heterocycles. The second-order valence-electron chi connectivity index (χ2n) is 5.39. The molecule has 0 fully saturated rings. The molecule has 0 radical (unpaired) electrons. The van der Waals surface area contributed by atoms with E-state index in [1.54, 1.807) is 0 Å². The summed E-state index contributed by atoms with van der Waals surface area (Å²) in [5.41, 5.74) is 4.11. The molecule has 0 saturated carbocycles. The maximum atomic E-state index is 10.4. The predicted molar refractivity (Wildman–Crippen MR) is 82.3 cm³/mol. The van der Waals surface area contributed by atoms with Gasteiger partial charge in [0.1, 0.15) is 0 Å². The standard InChI is InChI=1S/C17H28O2/c1-14(2)8-5-9-15(3)10-6-11-16(4)12-7-13-17(18)19/h8,10,12H,5-7,9,11,13H2,1-4H3,(H,18,19). The van der Waals surface area contributed by atoms with Crippen LogP contribution in [0.5, 0.6) is 0 Å².